The van der Waals surface area contributed by atoms with Crippen LogP contribution in [0.25, 0.3) is 0 Å². The molecule has 4 nitrogen and oxygen atoms in total. The Morgan fingerprint density at radius 3 is 2.32 bits per heavy atom. The van der Waals surface area contributed by atoms with Gasteiger partial charge in [-0.1, -0.05) is 65.7 Å². The highest BCUT2D eigenvalue weighted by Crippen LogP contribution is 2.43. The summed E-state index contributed by atoms with van der Waals surface area (Å²) in [6.45, 7) is 8.22. The number of fused-ring (bicyclic) bond motifs is 1. The first-order chi connectivity index (χ1) is 14.7. The van der Waals surface area contributed by atoms with Gasteiger partial charge in [0.1, 0.15) is 0 Å². The number of aliphatic hydroxyl groups is 1. The van der Waals surface area contributed by atoms with Gasteiger partial charge >= 0.3 is 0 Å². The first-order valence-electron chi connectivity index (χ1n) is 10.5. The highest BCUT2D eigenvalue weighted by atomic mass is 16.3. The van der Waals surface area contributed by atoms with Crippen LogP contribution in [0.5, 0.6) is 0 Å². The average molecular weight is 414 g/mol. The maximum absolute atomic E-state index is 13.5. The number of carbonyl (C=O) groups is 2. The summed E-state index contributed by atoms with van der Waals surface area (Å²) in [5.41, 5.74) is 4.94. The van der Waals surface area contributed by atoms with Crippen LogP contribution in [-0.2, 0) is 16.9 Å². The molecule has 4 rings (SSSR count). The molecule has 1 aliphatic heterocycles. The summed E-state index contributed by atoms with van der Waals surface area (Å²) >= 11 is 0. The van der Waals surface area contributed by atoms with Crippen molar-refractivity contribution in [3.05, 3.63) is 99.6 Å². The summed E-state index contributed by atoms with van der Waals surface area (Å²) in [5, 5.41) is 11.5. The topological polar surface area (TPSA) is 57.6 Å². The van der Waals surface area contributed by atoms with Crippen molar-refractivity contribution in [3.8, 4) is 0 Å². The van der Waals surface area contributed by atoms with Crippen LogP contribution in [0.15, 0.2) is 60.7 Å². The van der Waals surface area contributed by atoms with Gasteiger partial charge in [-0.3, -0.25) is 9.59 Å². The number of hydrogen-bond donors (Lipinski definition) is 1. The van der Waals surface area contributed by atoms with Crippen molar-refractivity contribution in [2.75, 3.05) is 4.90 Å². The van der Waals surface area contributed by atoms with E-state index in [1.807, 2.05) is 64.1 Å². The zero-order valence-corrected chi connectivity index (χ0v) is 18.4. The Labute approximate surface area is 183 Å². The predicted molar refractivity (Wildman–Crippen MR) is 122 cm³/mol. The van der Waals surface area contributed by atoms with Gasteiger partial charge in [0.2, 0.25) is 0 Å². The van der Waals surface area contributed by atoms with Crippen LogP contribution in [0.4, 0.5) is 5.69 Å². The highest BCUT2D eigenvalue weighted by Gasteiger charge is 2.50. The fourth-order valence-electron chi connectivity index (χ4n) is 4.43. The number of benzene rings is 3. The Morgan fingerprint density at radius 1 is 0.903 bits per heavy atom. The number of hydrogen-bond acceptors (Lipinski definition) is 3. The van der Waals surface area contributed by atoms with E-state index in [4.69, 9.17) is 0 Å². The molecule has 3 aromatic rings. The standard InChI is InChI=1S/C27H27NO3/c1-17-10-12-22(20(4)13-17)25(29)15-27(31)23-7-5-6-8-24(23)28(26(27)30)16-21-14-18(2)9-11-19(21)3/h5-14,31H,15-16H2,1-4H3/t27-/m1/s1. The SMILES string of the molecule is Cc1ccc(C(=O)C[C@]2(O)C(=O)N(Cc3cc(C)ccc3C)c3ccccc32)c(C)c1. The molecule has 1 atom stereocenters. The van der Waals surface area contributed by atoms with E-state index in [2.05, 4.69) is 6.07 Å². The third kappa shape index (κ3) is 3.68. The summed E-state index contributed by atoms with van der Waals surface area (Å²) in [7, 11) is 0. The lowest BCUT2D eigenvalue weighted by molar-refractivity contribution is -0.136. The van der Waals surface area contributed by atoms with Gasteiger partial charge in [-0.05, 0) is 50.5 Å². The molecule has 0 aromatic heterocycles. The van der Waals surface area contributed by atoms with Gasteiger partial charge in [-0.25, -0.2) is 0 Å². The van der Waals surface area contributed by atoms with Gasteiger partial charge in [-0.2, -0.15) is 0 Å². The number of amides is 1. The normalized spacial score (nSPS) is 17.7. The number of anilines is 1. The second-order valence-electron chi connectivity index (χ2n) is 8.62. The maximum atomic E-state index is 13.5. The molecule has 31 heavy (non-hydrogen) atoms. The Balaban J connectivity index is 1.71. The lowest BCUT2D eigenvalue weighted by atomic mass is 9.87. The van der Waals surface area contributed by atoms with Crippen LogP contribution >= 0.6 is 0 Å². The minimum Gasteiger partial charge on any atom is -0.375 e. The van der Waals surface area contributed by atoms with Crippen molar-refractivity contribution < 1.29 is 14.7 Å². The Morgan fingerprint density at radius 2 is 1.58 bits per heavy atom. The Bertz CT molecular complexity index is 1200. The van der Waals surface area contributed by atoms with Crippen LogP contribution in [0.3, 0.4) is 0 Å². The average Bonchev–Trinajstić information content (AvgIpc) is 2.92. The molecular formula is C27H27NO3. The van der Waals surface area contributed by atoms with E-state index < -0.39 is 11.5 Å². The summed E-state index contributed by atoms with van der Waals surface area (Å²) < 4.78 is 0. The molecule has 0 spiro atoms. The fraction of sp³-hybridized carbons (Fsp3) is 0.259. The van der Waals surface area contributed by atoms with Gasteiger partial charge in [-0.15, -0.1) is 0 Å². The van der Waals surface area contributed by atoms with Crippen molar-refractivity contribution in [2.45, 2.75) is 46.3 Å². The number of rotatable bonds is 5. The Hall–Kier alpha value is -3.24. The summed E-state index contributed by atoms with van der Waals surface area (Å²) in [6, 6.07) is 18.9. The van der Waals surface area contributed by atoms with Crippen LogP contribution < -0.4 is 4.90 Å². The molecule has 1 aliphatic rings. The lowest BCUT2D eigenvalue weighted by Gasteiger charge is -2.24. The molecule has 4 heteroatoms. The van der Waals surface area contributed by atoms with Crippen LogP contribution in [0, 0.1) is 27.7 Å². The molecular weight excluding hydrogens is 386 g/mol. The van der Waals surface area contributed by atoms with E-state index in [0.29, 0.717) is 23.4 Å². The lowest BCUT2D eigenvalue weighted by Crippen LogP contribution is -2.41. The molecule has 1 amide bonds. The van der Waals surface area contributed by atoms with Gasteiger partial charge in [0, 0.05) is 11.1 Å². The molecule has 1 N–H and O–H groups in total. The van der Waals surface area contributed by atoms with E-state index in [0.717, 1.165) is 27.8 Å². The number of aryl methyl sites for hydroxylation is 4. The van der Waals surface area contributed by atoms with Gasteiger partial charge in [0.15, 0.2) is 11.4 Å². The van der Waals surface area contributed by atoms with E-state index in [9.17, 15) is 14.7 Å². The highest BCUT2D eigenvalue weighted by molar-refractivity contribution is 6.11. The number of Topliss-reactive ketones (excluding diaryl/α,β-unsaturated/α-hetero) is 1. The van der Waals surface area contributed by atoms with Crippen LogP contribution in [-0.4, -0.2) is 16.8 Å². The van der Waals surface area contributed by atoms with Crippen molar-refractivity contribution in [1.29, 1.82) is 0 Å². The molecule has 0 aliphatic carbocycles. The molecule has 0 saturated carbocycles. The van der Waals surface area contributed by atoms with E-state index >= 15 is 0 Å². The zero-order valence-electron chi connectivity index (χ0n) is 18.4. The van der Waals surface area contributed by atoms with Crippen LogP contribution in [0.2, 0.25) is 0 Å². The molecule has 0 unspecified atom stereocenters. The molecule has 0 saturated heterocycles. The zero-order chi connectivity index (χ0) is 22.3. The van der Waals surface area contributed by atoms with E-state index in [1.54, 1.807) is 23.1 Å². The van der Waals surface area contributed by atoms with Crippen molar-refractivity contribution in [1.82, 2.24) is 0 Å². The molecule has 0 bridgehead atoms. The van der Waals surface area contributed by atoms with Crippen LogP contribution in [0.1, 0.15) is 50.2 Å². The number of carbonyl (C=O) groups excluding carboxylic acids is 2. The third-order valence-electron chi connectivity index (χ3n) is 6.17. The quantitative estimate of drug-likeness (QED) is 0.604. The molecule has 3 aromatic carbocycles. The number of ketones is 1. The number of para-hydroxylation sites is 1. The van der Waals surface area contributed by atoms with E-state index in [1.165, 1.54) is 0 Å². The maximum Gasteiger partial charge on any atom is 0.264 e. The monoisotopic (exact) mass is 413 g/mol. The first kappa shape index (κ1) is 21.0. The largest absolute Gasteiger partial charge is 0.375 e. The smallest absolute Gasteiger partial charge is 0.264 e. The fourth-order valence-corrected chi connectivity index (χ4v) is 4.43. The Kier molecular flexibility index (Phi) is 5.28. The summed E-state index contributed by atoms with van der Waals surface area (Å²) in [5.74, 6) is -0.690. The second-order valence-corrected chi connectivity index (χ2v) is 8.62. The molecule has 0 radical (unpaired) electrons. The van der Waals surface area contributed by atoms with Crippen molar-refractivity contribution in [2.24, 2.45) is 0 Å². The minimum atomic E-state index is -1.87. The van der Waals surface area contributed by atoms with Gasteiger partial charge in [0.05, 0.1) is 18.7 Å². The van der Waals surface area contributed by atoms with Crippen molar-refractivity contribution in [3.63, 3.8) is 0 Å². The molecule has 1 heterocycles. The van der Waals surface area contributed by atoms with Gasteiger partial charge < -0.3 is 10.0 Å². The summed E-state index contributed by atoms with van der Waals surface area (Å²) in [4.78, 5) is 28.2. The van der Waals surface area contributed by atoms with E-state index in [-0.39, 0.29) is 12.2 Å². The van der Waals surface area contributed by atoms with Gasteiger partial charge in [0.25, 0.3) is 5.91 Å². The van der Waals surface area contributed by atoms with Crippen molar-refractivity contribution >= 4 is 17.4 Å². The predicted octanol–water partition coefficient (Wildman–Crippen LogP) is 4.93. The first-order valence-corrected chi connectivity index (χ1v) is 10.5. The number of nitrogens with zero attached hydrogens (tertiary/aromatic N) is 1. The summed E-state index contributed by atoms with van der Waals surface area (Å²) in [6.07, 6.45) is -0.282. The molecule has 158 valence electrons. The second kappa shape index (κ2) is 7.78. The molecule has 0 fully saturated rings. The third-order valence-corrected chi connectivity index (χ3v) is 6.17. The minimum absolute atomic E-state index is 0.239.